The van der Waals surface area contributed by atoms with E-state index in [9.17, 15) is 0 Å². The normalized spacial score (nSPS) is 13.2. The van der Waals surface area contributed by atoms with Crippen molar-refractivity contribution < 1.29 is 17.8 Å². The Morgan fingerprint density at radius 3 is 1.72 bits per heavy atom. The number of para-hydroxylation sites is 1. The number of hydrogen-bond donors (Lipinski definition) is 1. The number of hydrazine groups is 1. The average Bonchev–Trinajstić information content (AvgIpc) is 3.30. The van der Waals surface area contributed by atoms with Crippen molar-refractivity contribution in [1.82, 2.24) is 0 Å². The highest BCUT2D eigenvalue weighted by molar-refractivity contribution is 5.93. The van der Waals surface area contributed by atoms with Crippen LogP contribution in [0.4, 0.5) is 11.4 Å². The molecule has 0 radical (unpaired) electrons. The summed E-state index contributed by atoms with van der Waals surface area (Å²) in [4.78, 5) is 0. The highest BCUT2D eigenvalue weighted by Gasteiger charge is 2.30. The average molecular weight is 439 g/mol. The summed E-state index contributed by atoms with van der Waals surface area (Å²) in [5.41, 5.74) is 7.57. The second kappa shape index (κ2) is 9.96. The summed E-state index contributed by atoms with van der Waals surface area (Å²) in [6.45, 7) is 0. The fourth-order valence-electron chi connectivity index (χ4n) is 3.51. The van der Waals surface area contributed by atoms with Crippen molar-refractivity contribution in [3.8, 4) is 0 Å². The minimum Gasteiger partial charge on any atom is -1.00 e. The third-order valence-corrected chi connectivity index (χ3v) is 5.13. The van der Waals surface area contributed by atoms with Crippen LogP contribution in [0, 0.1) is 0 Å². The quantitative estimate of drug-likeness (QED) is 0.382. The van der Waals surface area contributed by atoms with Crippen molar-refractivity contribution in [2.24, 2.45) is 5.10 Å². The van der Waals surface area contributed by atoms with Gasteiger partial charge in [-0.05, 0) is 47.5 Å². The number of halogens is 1. The number of hydrogen-bond acceptors (Lipinski definition) is 3. The van der Waals surface area contributed by atoms with Crippen LogP contribution in [0.15, 0.2) is 120 Å². The molecule has 5 heteroatoms. The maximum atomic E-state index is 4.91. The summed E-state index contributed by atoms with van der Waals surface area (Å²) in [7, 11) is 0. The van der Waals surface area contributed by atoms with E-state index in [1.807, 2.05) is 59.7 Å². The molecule has 0 saturated carbocycles. The number of hydrazone groups is 1. The fraction of sp³-hybridized carbons (Fsp3) is 0. The lowest BCUT2D eigenvalue weighted by Gasteiger charge is -2.23. The Balaban J connectivity index is 0.00000245. The van der Waals surface area contributed by atoms with Gasteiger partial charge in [-0.1, -0.05) is 96.1 Å². The summed E-state index contributed by atoms with van der Waals surface area (Å²) in [6.07, 6.45) is 4.25. The Morgan fingerprint density at radius 1 is 0.562 bits per heavy atom. The van der Waals surface area contributed by atoms with Gasteiger partial charge < -0.3 is 12.4 Å². The van der Waals surface area contributed by atoms with E-state index in [1.54, 1.807) is 0 Å². The number of rotatable bonds is 5. The molecule has 1 heterocycles. The van der Waals surface area contributed by atoms with E-state index in [0.29, 0.717) is 0 Å². The van der Waals surface area contributed by atoms with Crippen LogP contribution in [0.2, 0.25) is 0 Å². The second-order valence-electron chi connectivity index (χ2n) is 7.29. The molecule has 0 atom stereocenters. The summed E-state index contributed by atoms with van der Waals surface area (Å²) < 4.78 is 0. The predicted molar refractivity (Wildman–Crippen MR) is 128 cm³/mol. The SMILES string of the molecule is C(=C\c1ccc(N2N=C(c3ccccc3)[NH2+]N2c2ccccc2)cc1)/c1ccccc1.[Cl-]. The van der Waals surface area contributed by atoms with E-state index in [1.165, 1.54) is 5.56 Å². The molecule has 5 rings (SSSR count). The van der Waals surface area contributed by atoms with Gasteiger partial charge in [0.2, 0.25) is 0 Å². The zero-order valence-electron chi connectivity index (χ0n) is 17.4. The van der Waals surface area contributed by atoms with Crippen LogP contribution in [-0.2, 0) is 0 Å². The minimum absolute atomic E-state index is 0. The van der Waals surface area contributed by atoms with Gasteiger partial charge in [-0.15, -0.1) is 10.2 Å². The minimum atomic E-state index is 0. The maximum Gasteiger partial charge on any atom is 0.277 e. The number of benzene rings is 4. The molecule has 0 fully saturated rings. The van der Waals surface area contributed by atoms with Gasteiger partial charge in [0.25, 0.3) is 5.84 Å². The second-order valence-corrected chi connectivity index (χ2v) is 7.29. The Kier molecular flexibility index (Phi) is 6.66. The molecule has 4 aromatic rings. The van der Waals surface area contributed by atoms with Gasteiger partial charge >= 0.3 is 0 Å². The van der Waals surface area contributed by atoms with Gasteiger partial charge in [-0.2, -0.15) is 5.43 Å². The molecule has 0 aliphatic carbocycles. The molecule has 4 aromatic carbocycles. The molecular weight excluding hydrogens is 416 g/mol. The van der Waals surface area contributed by atoms with Gasteiger partial charge in [0.1, 0.15) is 5.69 Å². The van der Waals surface area contributed by atoms with Gasteiger partial charge in [0.15, 0.2) is 0 Å². The molecule has 1 aliphatic heterocycles. The van der Waals surface area contributed by atoms with Crippen LogP contribution in [0.3, 0.4) is 0 Å². The van der Waals surface area contributed by atoms with Crippen LogP contribution in [0.1, 0.15) is 16.7 Å². The number of nitrogens with two attached hydrogens (primary N) is 1. The zero-order chi connectivity index (χ0) is 20.9. The van der Waals surface area contributed by atoms with Crippen LogP contribution >= 0.6 is 0 Å². The predicted octanol–water partition coefficient (Wildman–Crippen LogP) is 1.94. The van der Waals surface area contributed by atoms with E-state index >= 15 is 0 Å². The van der Waals surface area contributed by atoms with Crippen molar-refractivity contribution >= 4 is 29.4 Å². The standard InChI is InChI=1S/C27H22N4.ClH/c1-4-10-22(11-5-1)16-17-23-18-20-26(21-19-23)31-29-27(24-12-6-2-7-13-24)28-30(31)25-14-8-3-9-15-25;/h1-21H,(H,28,29);1H/b17-16+;. The lowest BCUT2D eigenvalue weighted by Crippen LogP contribution is -3.00. The fourth-order valence-corrected chi connectivity index (χ4v) is 3.51. The van der Waals surface area contributed by atoms with Crippen LogP contribution < -0.4 is 28.1 Å². The monoisotopic (exact) mass is 438 g/mol. The molecule has 32 heavy (non-hydrogen) atoms. The molecule has 158 valence electrons. The van der Waals surface area contributed by atoms with Crippen LogP contribution in [0.5, 0.6) is 0 Å². The zero-order valence-corrected chi connectivity index (χ0v) is 18.2. The molecule has 0 aromatic heterocycles. The van der Waals surface area contributed by atoms with Crippen LogP contribution in [-0.4, -0.2) is 5.84 Å². The highest BCUT2D eigenvalue weighted by atomic mass is 35.5. The first-order valence-electron chi connectivity index (χ1n) is 10.3. The summed E-state index contributed by atoms with van der Waals surface area (Å²) >= 11 is 0. The molecule has 1 aliphatic rings. The lowest BCUT2D eigenvalue weighted by atomic mass is 10.1. The smallest absolute Gasteiger partial charge is 0.277 e. The molecular formula is C27H23ClN4. The molecule has 0 spiro atoms. The highest BCUT2D eigenvalue weighted by Crippen LogP contribution is 2.23. The summed E-state index contributed by atoms with van der Waals surface area (Å²) in [5, 5.41) is 8.94. The molecule has 0 amide bonds. The number of anilines is 2. The van der Waals surface area contributed by atoms with E-state index < -0.39 is 0 Å². The van der Waals surface area contributed by atoms with Crippen LogP contribution in [0.25, 0.3) is 12.2 Å². The number of quaternary nitrogens is 1. The summed E-state index contributed by atoms with van der Waals surface area (Å²) in [6, 6.07) is 39.3. The largest absolute Gasteiger partial charge is 1.00 e. The maximum absolute atomic E-state index is 4.91. The molecule has 4 nitrogen and oxygen atoms in total. The van der Waals surface area contributed by atoms with Crippen molar-refractivity contribution in [1.29, 1.82) is 0 Å². The van der Waals surface area contributed by atoms with Gasteiger partial charge in [-0.3, -0.25) is 0 Å². The van der Waals surface area contributed by atoms with Crippen molar-refractivity contribution in [3.63, 3.8) is 0 Å². The Hall–Kier alpha value is -3.86. The van der Waals surface area contributed by atoms with Gasteiger partial charge in [0.05, 0.1) is 11.3 Å². The lowest BCUT2D eigenvalue weighted by molar-refractivity contribution is -0.545. The topological polar surface area (TPSA) is 35.5 Å². The van der Waals surface area contributed by atoms with E-state index in [0.717, 1.165) is 28.3 Å². The Labute approximate surface area is 194 Å². The summed E-state index contributed by atoms with van der Waals surface area (Å²) in [5.74, 6) is 0.928. The Bertz CT molecular complexity index is 1190. The van der Waals surface area contributed by atoms with Gasteiger partial charge in [-0.25, -0.2) is 0 Å². The van der Waals surface area contributed by atoms with Crippen molar-refractivity contribution in [3.05, 3.63) is 132 Å². The number of amidine groups is 1. The Morgan fingerprint density at radius 2 is 1.09 bits per heavy atom. The molecule has 0 unspecified atom stereocenters. The van der Waals surface area contributed by atoms with Crippen molar-refractivity contribution in [2.45, 2.75) is 0 Å². The molecule has 0 saturated heterocycles. The third-order valence-electron chi connectivity index (χ3n) is 5.13. The molecule has 0 bridgehead atoms. The van der Waals surface area contributed by atoms with Gasteiger partial charge in [0, 0.05) is 0 Å². The third kappa shape index (κ3) is 4.72. The van der Waals surface area contributed by atoms with E-state index in [4.69, 9.17) is 5.10 Å². The molecule has 2 N–H and O–H groups in total. The van der Waals surface area contributed by atoms with E-state index in [-0.39, 0.29) is 12.4 Å². The first kappa shape index (κ1) is 21.4. The first-order valence-corrected chi connectivity index (χ1v) is 10.3. The van der Waals surface area contributed by atoms with Crippen molar-refractivity contribution in [2.75, 3.05) is 10.2 Å². The van der Waals surface area contributed by atoms with E-state index in [2.05, 4.69) is 83.4 Å². The first-order chi connectivity index (χ1) is 15.4. The number of nitrogens with zero attached hydrogens (tertiary/aromatic N) is 3.